The molecule has 252 valence electrons. The van der Waals surface area contributed by atoms with Crippen molar-refractivity contribution in [2.24, 2.45) is 0 Å². The highest BCUT2D eigenvalue weighted by Crippen LogP contribution is 2.31. The van der Waals surface area contributed by atoms with Crippen LogP contribution in [0.15, 0.2) is 114 Å². The van der Waals surface area contributed by atoms with Crippen molar-refractivity contribution in [1.29, 1.82) is 0 Å². The smallest absolute Gasteiger partial charge is 0.164 e. The van der Waals surface area contributed by atoms with Gasteiger partial charge in [0.1, 0.15) is 97.5 Å². The van der Waals surface area contributed by atoms with Gasteiger partial charge in [0, 0.05) is 27.5 Å². The quantitative estimate of drug-likeness (QED) is 0.196. The standard InChI is InChI=1S/C45H18B11N3O/c46-30-26(25-31(47)38(54)40(56)39(55)32(25)48)36(52)41-27(33(30)49)28-34(50)35(51)29(37(53)42(28)60-41)45-58-43(23-9-5-2-6-10-23)57-44(59-45)24-17-15-22(16-18-24)21-13-11-20(12-14-21)19-7-3-1-4-8-19/h1-18H. The summed E-state index contributed by atoms with van der Waals surface area (Å²) in [6.07, 6.45) is 0. The predicted octanol–water partition coefficient (Wildman–Crippen LogP) is -1.50. The summed E-state index contributed by atoms with van der Waals surface area (Å²) >= 11 is 0. The third-order valence-corrected chi connectivity index (χ3v) is 10.9. The molecule has 0 aliphatic heterocycles. The Labute approximate surface area is 362 Å². The van der Waals surface area contributed by atoms with Crippen molar-refractivity contribution in [1.82, 2.24) is 15.0 Å². The fourth-order valence-corrected chi connectivity index (χ4v) is 7.64. The predicted molar refractivity (Wildman–Crippen MR) is 259 cm³/mol. The molecule has 0 atom stereocenters. The zero-order valence-corrected chi connectivity index (χ0v) is 32.0. The monoisotopic (exact) mass is 737 g/mol. The number of hydrogen-bond donors (Lipinski definition) is 0. The van der Waals surface area contributed by atoms with Gasteiger partial charge in [0.05, 0.1) is 0 Å². The molecule has 0 saturated heterocycles. The Morgan fingerprint density at radius 1 is 0.267 bits per heavy atom. The maximum Gasteiger partial charge on any atom is 0.164 e. The highest BCUT2D eigenvalue weighted by Gasteiger charge is 2.26. The van der Waals surface area contributed by atoms with Crippen LogP contribution in [0.1, 0.15) is 0 Å². The Bertz CT molecular complexity index is 3170. The molecule has 60 heavy (non-hydrogen) atoms. The Morgan fingerprint density at radius 3 is 1.03 bits per heavy atom. The Hall–Kier alpha value is -5.94. The lowest BCUT2D eigenvalue weighted by Crippen LogP contribution is -2.56. The van der Waals surface area contributed by atoms with E-state index in [0.29, 0.717) is 11.6 Å². The molecule has 0 N–H and O–H groups in total. The van der Waals surface area contributed by atoms with E-state index in [-0.39, 0.29) is 105 Å². The first kappa shape index (κ1) is 39.5. The largest absolute Gasteiger partial charge is 0.457 e. The van der Waals surface area contributed by atoms with Crippen LogP contribution in [0.25, 0.3) is 89.5 Å². The van der Waals surface area contributed by atoms with E-state index in [1.807, 2.05) is 72.8 Å². The van der Waals surface area contributed by atoms with Gasteiger partial charge in [0.2, 0.25) is 0 Å². The van der Waals surface area contributed by atoms with Crippen molar-refractivity contribution in [3.05, 3.63) is 109 Å². The van der Waals surface area contributed by atoms with Crippen molar-refractivity contribution in [3.8, 4) is 67.5 Å². The molecule has 22 radical (unpaired) electrons. The summed E-state index contributed by atoms with van der Waals surface area (Å²) in [7, 11) is 72.1. The Balaban J connectivity index is 1.20. The molecule has 0 amide bonds. The highest BCUT2D eigenvalue weighted by atomic mass is 16.3. The average Bonchev–Trinajstić information content (AvgIpc) is 3.70. The summed E-state index contributed by atoms with van der Waals surface area (Å²) in [5.74, 6) is 0.898. The van der Waals surface area contributed by atoms with Gasteiger partial charge in [-0.25, -0.2) is 15.0 Å². The summed E-state index contributed by atoms with van der Waals surface area (Å²) in [5, 5.41) is 0.560. The van der Waals surface area contributed by atoms with E-state index in [1.54, 1.807) is 0 Å². The van der Waals surface area contributed by atoms with Gasteiger partial charge in [0.25, 0.3) is 0 Å². The SMILES string of the molecule is [B]c1c([B])c([B])c(-c2c([B])c([B])c3c(oc4c([B])c(-c5nc(-c6ccccc6)nc(-c6ccc(-c7ccc(-c8ccccc8)cc7)cc6)n5)c([B])c([B])c43)c2[B])c([B])c1[B]. The van der Waals surface area contributed by atoms with E-state index in [1.165, 1.54) is 0 Å². The molecule has 9 rings (SSSR count). The fourth-order valence-electron chi connectivity index (χ4n) is 7.64. The summed E-state index contributed by atoms with van der Waals surface area (Å²) in [5.41, 5.74) is 6.83. The van der Waals surface area contributed by atoms with Crippen molar-refractivity contribution >= 4 is 168 Å². The molecule has 4 nitrogen and oxygen atoms in total. The number of nitrogens with zero attached hydrogens (tertiary/aromatic N) is 3. The number of aromatic nitrogens is 3. The lowest BCUT2D eigenvalue weighted by atomic mass is 9.57. The average molecular weight is 736 g/mol. The van der Waals surface area contributed by atoms with Crippen LogP contribution in [-0.2, 0) is 0 Å². The fraction of sp³-hybridized carbons (Fsp3) is 0. The molecule has 0 unspecified atom stereocenters. The second-order valence-electron chi connectivity index (χ2n) is 14.4. The number of fused-ring (bicyclic) bond motifs is 3. The second-order valence-corrected chi connectivity index (χ2v) is 14.4. The minimum atomic E-state index is 0.000961. The molecular weight excluding hydrogens is 717 g/mol. The van der Waals surface area contributed by atoms with E-state index < -0.39 is 0 Å². The lowest BCUT2D eigenvalue weighted by Gasteiger charge is -2.25. The Kier molecular flexibility index (Phi) is 10.1. The van der Waals surface area contributed by atoms with Gasteiger partial charge >= 0.3 is 0 Å². The van der Waals surface area contributed by atoms with E-state index in [2.05, 4.69) is 36.4 Å². The topological polar surface area (TPSA) is 51.8 Å². The Morgan fingerprint density at radius 2 is 0.567 bits per heavy atom. The van der Waals surface area contributed by atoms with Crippen LogP contribution in [0.4, 0.5) is 0 Å². The van der Waals surface area contributed by atoms with Gasteiger partial charge in [-0.05, 0) is 44.3 Å². The van der Waals surface area contributed by atoms with Gasteiger partial charge < -0.3 is 4.42 Å². The minimum absolute atomic E-state index is 0.000961. The summed E-state index contributed by atoms with van der Waals surface area (Å²) in [4.78, 5) is 14.6. The summed E-state index contributed by atoms with van der Waals surface area (Å²) in [6.45, 7) is 0. The van der Waals surface area contributed by atoms with Crippen molar-refractivity contribution in [2.45, 2.75) is 0 Å². The maximum absolute atomic E-state index is 6.96. The van der Waals surface area contributed by atoms with Crippen LogP contribution >= 0.6 is 0 Å². The highest BCUT2D eigenvalue weighted by molar-refractivity contribution is 6.71. The maximum atomic E-state index is 6.96. The summed E-state index contributed by atoms with van der Waals surface area (Å²) in [6, 6.07) is 36.0. The molecule has 2 aromatic heterocycles. The van der Waals surface area contributed by atoms with Gasteiger partial charge in [-0.15, -0.1) is 16.4 Å². The first-order valence-corrected chi connectivity index (χ1v) is 18.6. The van der Waals surface area contributed by atoms with Crippen molar-refractivity contribution in [2.75, 3.05) is 0 Å². The number of rotatable bonds is 6. The summed E-state index contributed by atoms with van der Waals surface area (Å²) < 4.78 is 6.43. The van der Waals surface area contributed by atoms with Crippen molar-refractivity contribution < 1.29 is 4.42 Å². The molecule has 0 fully saturated rings. The zero-order valence-electron chi connectivity index (χ0n) is 32.0. The molecule has 0 aliphatic rings. The molecule has 2 heterocycles. The molecule has 0 bridgehead atoms. The lowest BCUT2D eigenvalue weighted by molar-refractivity contribution is 0.674. The van der Waals surface area contributed by atoms with Crippen LogP contribution < -0.4 is 60.1 Å². The molecule has 15 heteroatoms. The number of hydrogen-bond acceptors (Lipinski definition) is 4. The van der Waals surface area contributed by atoms with Crippen LogP contribution in [0.3, 0.4) is 0 Å². The van der Waals surface area contributed by atoms with Crippen LogP contribution in [0.2, 0.25) is 0 Å². The van der Waals surface area contributed by atoms with Crippen LogP contribution in [-0.4, -0.2) is 101 Å². The van der Waals surface area contributed by atoms with Crippen LogP contribution in [0, 0.1) is 0 Å². The van der Waals surface area contributed by atoms with E-state index >= 15 is 0 Å². The van der Waals surface area contributed by atoms with Gasteiger partial charge in [-0.3, -0.25) is 0 Å². The van der Waals surface area contributed by atoms with Crippen molar-refractivity contribution in [3.63, 3.8) is 0 Å². The molecule has 0 aliphatic carbocycles. The third-order valence-electron chi connectivity index (χ3n) is 10.9. The first-order chi connectivity index (χ1) is 28.8. The van der Waals surface area contributed by atoms with Crippen LogP contribution in [0.5, 0.6) is 0 Å². The number of benzene rings is 7. The van der Waals surface area contributed by atoms with E-state index in [4.69, 9.17) is 106 Å². The number of furan rings is 1. The van der Waals surface area contributed by atoms with Gasteiger partial charge in [-0.2, -0.15) is 0 Å². The molecule has 0 saturated carbocycles. The molecule has 9 aromatic rings. The van der Waals surface area contributed by atoms with E-state index in [9.17, 15) is 0 Å². The normalized spacial score (nSPS) is 11.4. The van der Waals surface area contributed by atoms with Gasteiger partial charge in [0.15, 0.2) is 17.5 Å². The molecule has 0 spiro atoms. The minimum Gasteiger partial charge on any atom is -0.457 e. The van der Waals surface area contributed by atoms with Gasteiger partial charge in [-0.1, -0.05) is 142 Å². The molecular formula is C45H18B11N3O. The zero-order chi connectivity index (χ0) is 42.1. The van der Waals surface area contributed by atoms with E-state index in [0.717, 1.165) is 33.4 Å². The second kappa shape index (κ2) is 15.3. The molecule has 7 aromatic carbocycles. The third kappa shape index (κ3) is 6.36. The first-order valence-electron chi connectivity index (χ1n) is 18.6.